The van der Waals surface area contributed by atoms with Gasteiger partial charge in [-0.25, -0.2) is 0 Å². The molecule has 2 aliphatic carbocycles. The second-order valence-corrected chi connectivity index (χ2v) is 16.5. The molecule has 27 heavy (non-hydrogen) atoms. The quantitative estimate of drug-likeness (QED) is 0.296. The van der Waals surface area contributed by atoms with Crippen molar-refractivity contribution in [3.63, 3.8) is 0 Å². The average Bonchev–Trinajstić information content (AvgIpc) is 3.24. The van der Waals surface area contributed by atoms with E-state index in [9.17, 15) is 0 Å². The van der Waals surface area contributed by atoms with E-state index in [1.54, 1.807) is 35.1 Å². The number of hydrogen-bond donors (Lipinski definition) is 0. The first-order valence-electron chi connectivity index (χ1n) is 9.65. The molecule has 0 heterocycles. The molecule has 2 aliphatic rings. The molecule has 0 N–H and O–H groups in total. The van der Waals surface area contributed by atoms with Gasteiger partial charge >= 0.3 is 37.9 Å². The molecule has 0 aromatic heterocycles. The molecule has 2 unspecified atom stereocenters. The summed E-state index contributed by atoms with van der Waals surface area (Å²) in [6.45, 7) is 12.7. The standard InChI is InChI=1S/C21H25Si.C2H5.2ClH.Zr/c1-15-14-17-9-5-7-11-19(17)21(15)22(2,3)20-13-12-16-8-4-6-10-18(16)20;1-2;;;/h4-11,20-21H,12-14H2,1-3H3;1H2,2H3;2*1H;/q2*-1;;;+4/p-2. The summed E-state index contributed by atoms with van der Waals surface area (Å²) in [5.41, 5.74) is 8.04. The van der Waals surface area contributed by atoms with Crippen molar-refractivity contribution < 1.29 is 20.8 Å². The molecule has 0 nitrogen and oxygen atoms in total. The summed E-state index contributed by atoms with van der Waals surface area (Å²) in [6, 6.07) is 18.4. The van der Waals surface area contributed by atoms with E-state index < -0.39 is 28.9 Å². The van der Waals surface area contributed by atoms with E-state index in [0.29, 0.717) is 0 Å². The van der Waals surface area contributed by atoms with Crippen molar-refractivity contribution in [2.24, 2.45) is 0 Å². The average molecular weight is 497 g/mol. The van der Waals surface area contributed by atoms with Crippen LogP contribution in [-0.2, 0) is 33.7 Å². The summed E-state index contributed by atoms with van der Waals surface area (Å²) in [7, 11) is 8.43. The summed E-state index contributed by atoms with van der Waals surface area (Å²) in [4.78, 5) is 0. The van der Waals surface area contributed by atoms with E-state index in [1.807, 2.05) is 0 Å². The molecule has 2 aromatic rings. The maximum absolute atomic E-state index is 4.93. The maximum atomic E-state index is 4.93. The number of benzene rings is 2. The van der Waals surface area contributed by atoms with Crippen molar-refractivity contribution in [1.82, 2.24) is 0 Å². The van der Waals surface area contributed by atoms with Crippen LogP contribution in [-0.4, -0.2) is 8.07 Å². The van der Waals surface area contributed by atoms with Gasteiger partial charge in [-0.05, 0) is 29.5 Å². The normalized spacial score (nSPS) is 20.4. The van der Waals surface area contributed by atoms with Gasteiger partial charge in [0.2, 0.25) is 0 Å². The number of halogens is 2. The van der Waals surface area contributed by atoms with E-state index in [-0.39, 0.29) is 0 Å². The third kappa shape index (κ3) is 5.00. The summed E-state index contributed by atoms with van der Waals surface area (Å²) in [5, 5.41) is 0. The minimum atomic E-state index is -1.44. The Labute approximate surface area is 185 Å². The molecule has 0 bridgehead atoms. The zero-order valence-electron chi connectivity index (χ0n) is 16.9. The first-order chi connectivity index (χ1) is 13.0. The van der Waals surface area contributed by atoms with Crippen molar-refractivity contribution in [2.75, 3.05) is 0 Å². The molecule has 0 spiro atoms. The predicted molar refractivity (Wildman–Crippen MR) is 120 cm³/mol. The van der Waals surface area contributed by atoms with Gasteiger partial charge in [-0.15, -0.1) is 5.54 Å². The second-order valence-electron chi connectivity index (χ2n) is 7.84. The Morgan fingerprint density at radius 2 is 1.48 bits per heavy atom. The van der Waals surface area contributed by atoms with Gasteiger partial charge in [0.15, 0.2) is 0 Å². The first-order valence-corrected chi connectivity index (χ1v) is 19.1. The molecule has 2 aromatic carbocycles. The molecule has 4 rings (SSSR count). The van der Waals surface area contributed by atoms with E-state index in [4.69, 9.17) is 17.0 Å². The van der Waals surface area contributed by atoms with Crippen LogP contribution in [0.3, 0.4) is 0 Å². The number of rotatable bonds is 2. The molecule has 0 radical (unpaired) electrons. The monoisotopic (exact) mass is 494 g/mol. The van der Waals surface area contributed by atoms with Crippen molar-refractivity contribution in [1.29, 1.82) is 0 Å². The van der Waals surface area contributed by atoms with Crippen LogP contribution in [0.4, 0.5) is 0 Å². The van der Waals surface area contributed by atoms with E-state index in [1.165, 1.54) is 19.3 Å². The van der Waals surface area contributed by atoms with Gasteiger partial charge in [0, 0.05) is 8.07 Å². The van der Waals surface area contributed by atoms with Gasteiger partial charge in [-0.3, -0.25) is 0 Å². The van der Waals surface area contributed by atoms with Crippen LogP contribution in [0.25, 0.3) is 0 Å². The molecule has 0 aliphatic heterocycles. The van der Waals surface area contributed by atoms with Crippen LogP contribution in [0, 0.1) is 12.8 Å². The molecular formula is C23H30Cl2SiZr. The van der Waals surface area contributed by atoms with Crippen molar-refractivity contribution in [2.45, 2.75) is 57.3 Å². The number of hydrogen-bond acceptors (Lipinski definition) is 0. The van der Waals surface area contributed by atoms with Crippen LogP contribution in [0.15, 0.2) is 48.5 Å². The van der Waals surface area contributed by atoms with Gasteiger partial charge in [-0.2, -0.15) is 20.3 Å². The van der Waals surface area contributed by atoms with Crippen molar-refractivity contribution >= 4 is 25.1 Å². The molecule has 2 atom stereocenters. The minimum absolute atomic E-state index is 0.736. The fraction of sp³-hybridized carbons (Fsp3) is 0.391. The first kappa shape index (κ1) is 23.4. The Kier molecular flexibility index (Phi) is 9.33. The van der Waals surface area contributed by atoms with Crippen LogP contribution < -0.4 is 0 Å². The van der Waals surface area contributed by atoms with Crippen LogP contribution in [0.2, 0.25) is 13.1 Å². The summed E-state index contributed by atoms with van der Waals surface area (Å²) in [6.07, 6.45) is 3.85. The zero-order chi connectivity index (χ0) is 20.0. The Hall–Kier alpha value is 0.120. The molecule has 4 heteroatoms. The molecular weight excluding hydrogens is 466 g/mol. The Bertz CT molecular complexity index is 732. The van der Waals surface area contributed by atoms with Crippen LogP contribution >= 0.6 is 17.0 Å². The van der Waals surface area contributed by atoms with Crippen molar-refractivity contribution in [3.8, 4) is 0 Å². The van der Waals surface area contributed by atoms with Gasteiger partial charge in [0.25, 0.3) is 0 Å². The Morgan fingerprint density at radius 1 is 0.963 bits per heavy atom. The van der Waals surface area contributed by atoms with Gasteiger partial charge in [0.05, 0.1) is 0 Å². The molecule has 144 valence electrons. The topological polar surface area (TPSA) is 0 Å². The van der Waals surface area contributed by atoms with Gasteiger partial charge < -0.3 is 12.8 Å². The number of aryl methyl sites for hydroxylation is 1. The molecule has 0 amide bonds. The Balaban J connectivity index is 0.000000478. The summed E-state index contributed by atoms with van der Waals surface area (Å²) in [5.74, 6) is 1.71. The van der Waals surface area contributed by atoms with E-state index in [0.717, 1.165) is 11.1 Å². The van der Waals surface area contributed by atoms with Gasteiger partial charge in [0.1, 0.15) is 0 Å². The second kappa shape index (κ2) is 10.8. The Morgan fingerprint density at radius 3 is 2.11 bits per heavy atom. The van der Waals surface area contributed by atoms with E-state index in [2.05, 4.69) is 75.5 Å². The molecule has 0 saturated heterocycles. The van der Waals surface area contributed by atoms with Crippen molar-refractivity contribution in [3.05, 3.63) is 83.6 Å². The van der Waals surface area contributed by atoms with Crippen LogP contribution in [0.5, 0.6) is 0 Å². The van der Waals surface area contributed by atoms with Crippen LogP contribution in [0.1, 0.15) is 53.6 Å². The van der Waals surface area contributed by atoms with E-state index >= 15 is 0 Å². The van der Waals surface area contributed by atoms with Gasteiger partial charge in [-0.1, -0.05) is 72.8 Å². The summed E-state index contributed by atoms with van der Waals surface area (Å²) >= 11 is -0.826. The fourth-order valence-corrected chi connectivity index (χ4v) is 10.0. The number of fused-ring (bicyclic) bond motifs is 2. The summed E-state index contributed by atoms with van der Waals surface area (Å²) < 4.78 is 0. The zero-order valence-corrected chi connectivity index (χ0v) is 21.8. The molecule has 0 saturated carbocycles. The molecule has 0 fully saturated rings. The SMILES string of the molecule is C[C-]1Cc2ccccc2C1[Si](C)(C)C1CCc2ccccc21.[CH2-]C.[Cl][Zr+2][Cl]. The third-order valence-corrected chi connectivity index (χ3v) is 10.8. The fourth-order valence-electron chi connectivity index (χ4n) is 5.21. The predicted octanol–water partition coefficient (Wildman–Crippen LogP) is 7.65. The third-order valence-electron chi connectivity index (χ3n) is 6.10.